The normalized spacial score (nSPS) is 18.0. The van der Waals surface area contributed by atoms with Gasteiger partial charge >= 0.3 is 6.09 Å². The van der Waals surface area contributed by atoms with Crippen molar-refractivity contribution in [3.63, 3.8) is 0 Å². The van der Waals surface area contributed by atoms with Crippen LogP contribution in [0.3, 0.4) is 0 Å². The van der Waals surface area contributed by atoms with E-state index < -0.39 is 63.0 Å². The van der Waals surface area contributed by atoms with Crippen molar-refractivity contribution in [2.45, 2.75) is 109 Å². The van der Waals surface area contributed by atoms with Gasteiger partial charge in [0.2, 0.25) is 5.95 Å². The first kappa shape index (κ1) is 42.3. The number of carbonyl (C=O) groups excluding carboxylic acids is 1. The number of rotatable bonds is 13. The van der Waals surface area contributed by atoms with Crippen LogP contribution in [0.5, 0.6) is 0 Å². The van der Waals surface area contributed by atoms with Gasteiger partial charge in [-0.15, -0.1) is 0 Å². The fraction of sp³-hybridized carbons (Fsp3) is 0.514. The Morgan fingerprint density at radius 2 is 1.52 bits per heavy atom. The third kappa shape index (κ3) is 9.07. The van der Waals surface area contributed by atoms with Crippen LogP contribution >= 0.6 is 0 Å². The van der Waals surface area contributed by atoms with Gasteiger partial charge in [-0.3, -0.25) is 39.9 Å². The Labute approximate surface area is 326 Å². The Bertz CT molecular complexity index is 2100. The van der Waals surface area contributed by atoms with Gasteiger partial charge in [-0.25, -0.2) is 9.78 Å². The van der Waals surface area contributed by atoms with Gasteiger partial charge in [-0.1, -0.05) is 77.9 Å². The van der Waals surface area contributed by atoms with Crippen LogP contribution in [0, 0.1) is 20.2 Å². The molecule has 3 heterocycles. The molecule has 0 unspecified atom stereocenters. The van der Waals surface area contributed by atoms with Crippen molar-refractivity contribution in [1.29, 1.82) is 0 Å². The van der Waals surface area contributed by atoms with Gasteiger partial charge in [-0.2, -0.15) is 4.98 Å². The molecule has 2 N–H and O–H groups in total. The van der Waals surface area contributed by atoms with E-state index in [2.05, 4.69) is 88.0 Å². The molecular formula is C37H51N7O10Si2. The van der Waals surface area contributed by atoms with Gasteiger partial charge in [0.15, 0.2) is 27.8 Å². The monoisotopic (exact) mass is 809 g/mol. The maximum Gasteiger partial charge on any atom is 0.414 e. The van der Waals surface area contributed by atoms with Crippen molar-refractivity contribution in [3.05, 3.63) is 96.6 Å². The van der Waals surface area contributed by atoms with Crippen molar-refractivity contribution >= 4 is 51.2 Å². The van der Waals surface area contributed by atoms with E-state index in [0.717, 1.165) is 0 Å². The van der Waals surface area contributed by atoms with Crippen LogP contribution in [0.2, 0.25) is 36.3 Å². The van der Waals surface area contributed by atoms with Crippen LogP contribution in [0.1, 0.15) is 71.2 Å². The molecule has 0 spiro atoms. The highest BCUT2D eigenvalue weighted by Crippen LogP contribution is 2.43. The van der Waals surface area contributed by atoms with Crippen LogP contribution < -0.4 is 10.9 Å². The summed E-state index contributed by atoms with van der Waals surface area (Å²) in [5.41, 5.74) is -0.860. The number of para-hydroxylation sites is 2. The molecule has 3 atom stereocenters. The molecule has 56 heavy (non-hydrogen) atoms. The first-order chi connectivity index (χ1) is 26.0. The van der Waals surface area contributed by atoms with E-state index in [9.17, 15) is 29.8 Å². The van der Waals surface area contributed by atoms with E-state index in [4.69, 9.17) is 18.3 Å². The van der Waals surface area contributed by atoms with E-state index in [-0.39, 0.29) is 55.8 Å². The molecule has 0 radical (unpaired) electrons. The largest absolute Gasteiger partial charge is 0.448 e. The number of amides is 1. The van der Waals surface area contributed by atoms with Gasteiger partial charge in [-0.05, 0) is 36.3 Å². The van der Waals surface area contributed by atoms with Gasteiger partial charge in [0.05, 0.1) is 34.8 Å². The molecule has 1 saturated heterocycles. The molecule has 2 aromatic carbocycles. The molecule has 5 rings (SSSR count). The number of carbonyl (C=O) groups is 1. The van der Waals surface area contributed by atoms with Gasteiger partial charge < -0.3 is 18.3 Å². The maximum atomic E-state index is 13.2. The van der Waals surface area contributed by atoms with Crippen molar-refractivity contribution in [2.75, 3.05) is 18.5 Å². The molecule has 1 aliphatic heterocycles. The molecule has 0 aliphatic carbocycles. The minimum atomic E-state index is -2.25. The summed E-state index contributed by atoms with van der Waals surface area (Å²) in [7, 11) is -4.39. The highest BCUT2D eigenvalue weighted by Gasteiger charge is 2.47. The van der Waals surface area contributed by atoms with E-state index in [0.29, 0.717) is 13.0 Å². The number of aromatic amines is 1. The predicted molar refractivity (Wildman–Crippen MR) is 215 cm³/mol. The fourth-order valence-electron chi connectivity index (χ4n) is 5.94. The number of nitro groups is 2. The van der Waals surface area contributed by atoms with E-state index >= 15 is 0 Å². The molecule has 0 bridgehead atoms. The Balaban J connectivity index is 1.40. The zero-order chi connectivity index (χ0) is 41.4. The molecule has 19 heteroatoms. The summed E-state index contributed by atoms with van der Waals surface area (Å²) in [5.74, 6) is -1.35. The number of aromatic nitrogens is 4. The van der Waals surface area contributed by atoms with Crippen LogP contribution in [-0.4, -0.2) is 77.5 Å². The third-order valence-electron chi connectivity index (χ3n) is 11.2. The van der Waals surface area contributed by atoms with Gasteiger partial charge in [0, 0.05) is 29.7 Å². The van der Waals surface area contributed by atoms with Crippen molar-refractivity contribution in [3.8, 4) is 0 Å². The summed E-state index contributed by atoms with van der Waals surface area (Å²) >= 11 is 0. The van der Waals surface area contributed by atoms with Gasteiger partial charge in [0.25, 0.3) is 16.9 Å². The van der Waals surface area contributed by atoms with Crippen LogP contribution in [0.4, 0.5) is 22.1 Å². The van der Waals surface area contributed by atoms with Crippen molar-refractivity contribution in [2.24, 2.45) is 0 Å². The smallest absolute Gasteiger partial charge is 0.414 e. The molecule has 17 nitrogen and oxygen atoms in total. The molecule has 302 valence electrons. The van der Waals surface area contributed by atoms with E-state index in [1.807, 2.05) is 0 Å². The molecular weight excluding hydrogens is 759 g/mol. The lowest BCUT2D eigenvalue weighted by Crippen LogP contribution is -2.48. The second-order valence-corrected chi connectivity index (χ2v) is 26.6. The number of hydrogen-bond donors (Lipinski definition) is 2. The zero-order valence-corrected chi connectivity index (χ0v) is 35.4. The number of nitrogens with one attached hydrogen (secondary N) is 2. The van der Waals surface area contributed by atoms with Crippen molar-refractivity contribution in [1.82, 2.24) is 19.5 Å². The number of hydrogen-bond acceptors (Lipinski definition) is 12. The highest BCUT2D eigenvalue weighted by molar-refractivity contribution is 6.74. The minimum Gasteiger partial charge on any atom is -0.448 e. The van der Waals surface area contributed by atoms with E-state index in [1.54, 1.807) is 16.7 Å². The fourth-order valence-corrected chi connectivity index (χ4v) is 8.31. The summed E-state index contributed by atoms with van der Waals surface area (Å²) < 4.78 is 27.2. The topological polar surface area (TPSA) is 216 Å². The third-order valence-corrected chi connectivity index (χ3v) is 20.2. The number of anilines is 1. The molecule has 1 fully saturated rings. The van der Waals surface area contributed by atoms with Crippen LogP contribution in [0.15, 0.2) is 59.7 Å². The first-order valence-electron chi connectivity index (χ1n) is 18.3. The standard InChI is InChI=1S/C37H51N7O10Si2/c1-36(2,3)55(7,8)52-21-29-28(54-56(9,10)37(4,5)6)19-30(53-29)42-22-38-31-32(42)39-34(40-33(31)45)41-35(46)51-20-25(23-15-11-13-17-26(23)43(47)48)24-16-12-14-18-27(24)44(49)50/h11-18,22,25,28-30H,19-21H2,1-10H3,(H2,39,40,41,45,46)/t28-,29+,30+/m0/s1. The molecule has 4 aromatic rings. The summed E-state index contributed by atoms with van der Waals surface area (Å²) in [6, 6.07) is 11.5. The lowest BCUT2D eigenvalue weighted by Gasteiger charge is -2.40. The predicted octanol–water partition coefficient (Wildman–Crippen LogP) is 8.02. The molecule has 0 saturated carbocycles. The van der Waals surface area contributed by atoms with Crippen molar-refractivity contribution < 1.29 is 33.0 Å². The number of nitrogens with zero attached hydrogens (tertiary/aromatic N) is 5. The summed E-state index contributed by atoms with van der Waals surface area (Å²) in [5, 5.41) is 26.2. The number of ether oxygens (including phenoxy) is 2. The Morgan fingerprint density at radius 1 is 0.964 bits per heavy atom. The summed E-state index contributed by atoms with van der Waals surface area (Å²) in [6.45, 7) is 21.6. The lowest BCUT2D eigenvalue weighted by atomic mass is 9.89. The second kappa shape index (κ2) is 16.0. The number of benzene rings is 2. The zero-order valence-electron chi connectivity index (χ0n) is 33.4. The quantitative estimate of drug-likeness (QED) is 0.0746. The molecule has 1 amide bonds. The van der Waals surface area contributed by atoms with E-state index in [1.165, 1.54) is 42.7 Å². The van der Waals surface area contributed by atoms with Gasteiger partial charge in [0.1, 0.15) is 18.9 Å². The average molecular weight is 810 g/mol. The molecule has 1 aliphatic rings. The minimum absolute atomic E-state index is 0.0168. The first-order valence-corrected chi connectivity index (χ1v) is 24.2. The SMILES string of the molecule is CC(C)(C)[Si](C)(C)OC[C@H]1O[C@@H](n2cnc3c(=O)[nH]c(NC(=O)OCC(c4ccccc4[N+](=O)[O-])c4ccccc4[N+](=O)[O-])nc32)C[C@@H]1O[Si](C)(C)C(C)(C)C. The summed E-state index contributed by atoms with van der Waals surface area (Å²) in [6.07, 6.45) is -0.522. The number of H-pyrrole nitrogens is 1. The average Bonchev–Trinajstić information content (AvgIpc) is 3.70. The number of imidazole rings is 1. The Morgan fingerprint density at radius 3 is 2.05 bits per heavy atom. The maximum absolute atomic E-state index is 13.2. The van der Waals surface area contributed by atoms with Crippen LogP contribution in [0.25, 0.3) is 11.2 Å². The Kier molecular flexibility index (Phi) is 12.1. The lowest BCUT2D eigenvalue weighted by molar-refractivity contribution is -0.386. The Hall–Kier alpha value is -4.83. The second-order valence-electron chi connectivity index (χ2n) is 17.0. The number of nitro benzene ring substituents is 2. The summed E-state index contributed by atoms with van der Waals surface area (Å²) in [4.78, 5) is 60.4. The van der Waals surface area contributed by atoms with Crippen LogP contribution in [-0.2, 0) is 18.3 Å². The number of fused-ring (bicyclic) bond motifs is 1. The highest BCUT2D eigenvalue weighted by atomic mass is 28.4. The molecule has 2 aromatic heterocycles.